The highest BCUT2D eigenvalue weighted by atomic mass is 35.5. The predicted molar refractivity (Wildman–Crippen MR) is 81.0 cm³/mol. The summed E-state index contributed by atoms with van der Waals surface area (Å²) < 4.78 is 23.3. The van der Waals surface area contributed by atoms with Crippen molar-refractivity contribution < 1.29 is 8.42 Å². The van der Waals surface area contributed by atoms with Crippen molar-refractivity contribution in [3.63, 3.8) is 0 Å². The first-order valence-electron chi connectivity index (χ1n) is 6.27. The van der Waals surface area contributed by atoms with Crippen LogP contribution in [0.5, 0.6) is 0 Å². The predicted octanol–water partition coefficient (Wildman–Crippen LogP) is 3.76. The highest BCUT2D eigenvalue weighted by Crippen LogP contribution is 2.33. The lowest BCUT2D eigenvalue weighted by atomic mass is 9.95. The number of hydrogen-bond acceptors (Lipinski definition) is 3. The second-order valence-corrected chi connectivity index (χ2v) is 8.20. The Labute approximate surface area is 124 Å². The molecule has 1 saturated carbocycles. The summed E-state index contributed by atoms with van der Waals surface area (Å²) in [6.07, 6.45) is 4.50. The maximum Gasteiger partial charge on any atom is 0.150 e. The maximum absolute atomic E-state index is 11.6. The average Bonchev–Trinajstić information content (AvgIpc) is 2.33. The first-order valence-corrected chi connectivity index (χ1v) is 8.98. The van der Waals surface area contributed by atoms with E-state index in [0.29, 0.717) is 22.2 Å². The Bertz CT molecular complexity index is 540. The number of nitrogens with one attached hydrogen (secondary N) is 1. The van der Waals surface area contributed by atoms with Crippen molar-refractivity contribution in [1.29, 1.82) is 0 Å². The molecular weight excluding hydrogens is 305 g/mol. The van der Waals surface area contributed by atoms with Crippen LogP contribution >= 0.6 is 23.2 Å². The molecule has 3 nitrogen and oxygen atoms in total. The number of hydrogen-bond donors (Lipinski definition) is 1. The van der Waals surface area contributed by atoms with E-state index in [4.69, 9.17) is 23.2 Å². The van der Waals surface area contributed by atoms with Gasteiger partial charge in [0.15, 0.2) is 0 Å². The van der Waals surface area contributed by atoms with Gasteiger partial charge in [-0.15, -0.1) is 0 Å². The number of benzene rings is 1. The van der Waals surface area contributed by atoms with Gasteiger partial charge in [-0.1, -0.05) is 35.7 Å². The van der Waals surface area contributed by atoms with Crippen molar-refractivity contribution in [3.05, 3.63) is 28.2 Å². The molecule has 0 aliphatic heterocycles. The molecule has 0 radical (unpaired) electrons. The van der Waals surface area contributed by atoms with Crippen LogP contribution in [0, 0.1) is 0 Å². The molecule has 1 N–H and O–H groups in total. The minimum atomic E-state index is -2.98. The lowest BCUT2D eigenvalue weighted by Crippen LogP contribution is -2.34. The third-order valence-electron chi connectivity index (χ3n) is 3.54. The van der Waals surface area contributed by atoms with Crippen LogP contribution in [0.3, 0.4) is 0 Å². The number of anilines is 1. The maximum atomic E-state index is 11.6. The Hall–Kier alpha value is -0.450. The quantitative estimate of drug-likeness (QED) is 0.921. The van der Waals surface area contributed by atoms with Crippen molar-refractivity contribution in [2.75, 3.05) is 11.6 Å². The number of para-hydroxylation sites is 1. The van der Waals surface area contributed by atoms with Gasteiger partial charge in [-0.2, -0.15) is 0 Å². The molecule has 1 aromatic carbocycles. The van der Waals surface area contributed by atoms with Crippen LogP contribution in [-0.2, 0) is 9.84 Å². The molecule has 1 aromatic rings. The second-order valence-electron chi connectivity index (χ2n) is 5.06. The van der Waals surface area contributed by atoms with Gasteiger partial charge in [-0.05, 0) is 31.4 Å². The highest BCUT2D eigenvalue weighted by molar-refractivity contribution is 7.91. The van der Waals surface area contributed by atoms with Crippen molar-refractivity contribution in [2.24, 2.45) is 0 Å². The monoisotopic (exact) mass is 321 g/mol. The van der Waals surface area contributed by atoms with E-state index >= 15 is 0 Å². The molecule has 1 fully saturated rings. The normalized spacial score (nSPS) is 24.2. The van der Waals surface area contributed by atoms with Crippen LogP contribution in [0.15, 0.2) is 18.2 Å². The molecule has 106 valence electrons. The molecule has 0 heterocycles. The zero-order chi connectivity index (χ0) is 14.0. The highest BCUT2D eigenvalue weighted by Gasteiger charge is 2.29. The summed E-state index contributed by atoms with van der Waals surface area (Å²) in [5, 5.41) is 4.16. The SMILES string of the molecule is CS(=O)(=O)C1CCCC(Nc2c(Cl)cccc2Cl)C1. The summed E-state index contributed by atoms with van der Waals surface area (Å²) in [5.74, 6) is 0. The Kier molecular flexibility index (Phi) is 4.64. The molecule has 2 atom stereocenters. The third-order valence-corrected chi connectivity index (χ3v) is 5.81. The van der Waals surface area contributed by atoms with Crippen LogP contribution in [-0.4, -0.2) is 26.0 Å². The minimum Gasteiger partial charge on any atom is -0.380 e. The molecule has 2 rings (SSSR count). The van der Waals surface area contributed by atoms with E-state index in [1.165, 1.54) is 6.26 Å². The number of rotatable bonds is 3. The van der Waals surface area contributed by atoms with Crippen molar-refractivity contribution in [2.45, 2.75) is 37.0 Å². The molecule has 1 aliphatic rings. The largest absolute Gasteiger partial charge is 0.380 e. The molecule has 1 aliphatic carbocycles. The van der Waals surface area contributed by atoms with E-state index in [2.05, 4.69) is 5.32 Å². The molecule has 0 bridgehead atoms. The smallest absolute Gasteiger partial charge is 0.150 e. The zero-order valence-corrected chi connectivity index (χ0v) is 13.0. The summed E-state index contributed by atoms with van der Waals surface area (Å²) in [6.45, 7) is 0. The summed E-state index contributed by atoms with van der Waals surface area (Å²) >= 11 is 12.2. The summed E-state index contributed by atoms with van der Waals surface area (Å²) in [7, 11) is -2.98. The van der Waals surface area contributed by atoms with Gasteiger partial charge in [0.2, 0.25) is 0 Å². The van der Waals surface area contributed by atoms with Crippen molar-refractivity contribution >= 4 is 38.7 Å². The van der Waals surface area contributed by atoms with E-state index in [-0.39, 0.29) is 11.3 Å². The Balaban J connectivity index is 2.11. The number of sulfone groups is 1. The standard InChI is InChI=1S/C13H17Cl2NO2S/c1-19(17,18)10-5-2-4-9(8-10)16-13-11(14)6-3-7-12(13)15/h3,6-7,9-10,16H,2,4-5,8H2,1H3. The molecule has 0 aromatic heterocycles. The van der Waals surface area contributed by atoms with Gasteiger partial charge in [0, 0.05) is 12.3 Å². The van der Waals surface area contributed by atoms with Crippen molar-refractivity contribution in [3.8, 4) is 0 Å². The van der Waals surface area contributed by atoms with Gasteiger partial charge in [0.05, 0.1) is 21.0 Å². The lowest BCUT2D eigenvalue weighted by molar-refractivity contribution is 0.453. The van der Waals surface area contributed by atoms with Crippen LogP contribution in [0.1, 0.15) is 25.7 Å². The first kappa shape index (κ1) is 14.9. The molecule has 19 heavy (non-hydrogen) atoms. The van der Waals surface area contributed by atoms with Gasteiger partial charge in [0.1, 0.15) is 9.84 Å². The van der Waals surface area contributed by atoms with E-state index in [1.807, 2.05) is 0 Å². The minimum absolute atomic E-state index is 0.103. The molecular formula is C13H17Cl2NO2S. The average molecular weight is 322 g/mol. The van der Waals surface area contributed by atoms with Gasteiger partial charge >= 0.3 is 0 Å². The molecule has 2 unspecified atom stereocenters. The van der Waals surface area contributed by atoms with E-state index < -0.39 is 9.84 Å². The molecule has 6 heteroatoms. The van der Waals surface area contributed by atoms with Crippen LogP contribution in [0.25, 0.3) is 0 Å². The fourth-order valence-electron chi connectivity index (χ4n) is 2.50. The van der Waals surface area contributed by atoms with E-state index in [9.17, 15) is 8.42 Å². The van der Waals surface area contributed by atoms with Gasteiger partial charge < -0.3 is 5.32 Å². The van der Waals surface area contributed by atoms with Crippen LogP contribution in [0.4, 0.5) is 5.69 Å². The second kappa shape index (κ2) is 5.90. The molecule has 0 saturated heterocycles. The van der Waals surface area contributed by atoms with E-state index in [0.717, 1.165) is 19.3 Å². The summed E-state index contributed by atoms with van der Waals surface area (Å²) in [4.78, 5) is 0. The topological polar surface area (TPSA) is 46.2 Å². The molecule has 0 amide bonds. The summed E-state index contributed by atoms with van der Waals surface area (Å²) in [5.41, 5.74) is 0.699. The fraction of sp³-hybridized carbons (Fsp3) is 0.538. The Morgan fingerprint density at radius 2 is 1.84 bits per heavy atom. The third kappa shape index (κ3) is 3.77. The van der Waals surface area contributed by atoms with E-state index in [1.54, 1.807) is 18.2 Å². The van der Waals surface area contributed by atoms with Crippen molar-refractivity contribution in [1.82, 2.24) is 0 Å². The van der Waals surface area contributed by atoms with Crippen LogP contribution < -0.4 is 5.32 Å². The zero-order valence-electron chi connectivity index (χ0n) is 10.7. The van der Waals surface area contributed by atoms with Crippen LogP contribution in [0.2, 0.25) is 10.0 Å². The lowest BCUT2D eigenvalue weighted by Gasteiger charge is -2.30. The molecule has 0 spiro atoms. The van der Waals surface area contributed by atoms with Gasteiger partial charge in [0.25, 0.3) is 0 Å². The van der Waals surface area contributed by atoms with Gasteiger partial charge in [-0.25, -0.2) is 8.42 Å². The Morgan fingerprint density at radius 1 is 1.21 bits per heavy atom. The first-order chi connectivity index (χ1) is 8.88. The van der Waals surface area contributed by atoms with Gasteiger partial charge in [-0.3, -0.25) is 0 Å². The summed E-state index contributed by atoms with van der Waals surface area (Å²) in [6, 6.07) is 5.43. The Morgan fingerprint density at radius 3 is 2.42 bits per heavy atom. The fourth-order valence-corrected chi connectivity index (χ4v) is 4.19. The number of halogens is 2.